The van der Waals surface area contributed by atoms with Crippen LogP contribution in [0, 0.1) is 5.92 Å². The summed E-state index contributed by atoms with van der Waals surface area (Å²) in [4.78, 5) is 0. The number of hydrogen-bond donors (Lipinski definition) is 2. The van der Waals surface area contributed by atoms with E-state index in [1.54, 1.807) is 6.20 Å². The third kappa shape index (κ3) is 4.99. The number of nitrogens with zero attached hydrogens (tertiary/aromatic N) is 1. The summed E-state index contributed by atoms with van der Waals surface area (Å²) in [6, 6.07) is 1.96. The maximum Gasteiger partial charge on any atom is 0.0591 e. The van der Waals surface area contributed by atoms with E-state index in [-0.39, 0.29) is 0 Å². The average Bonchev–Trinajstić information content (AvgIpc) is 2.63. The van der Waals surface area contributed by atoms with Crippen LogP contribution in [0.2, 0.25) is 0 Å². The Balaban J connectivity index is 1.90. The molecule has 1 rings (SSSR count). The minimum Gasteiger partial charge on any atom is -0.380 e. The molecule has 0 saturated heterocycles. The van der Waals surface area contributed by atoms with Gasteiger partial charge in [0, 0.05) is 31.6 Å². The first-order valence-corrected chi connectivity index (χ1v) is 5.05. The fourth-order valence-corrected chi connectivity index (χ4v) is 1.07. The van der Waals surface area contributed by atoms with E-state index in [9.17, 15) is 0 Å². The van der Waals surface area contributed by atoms with Crippen molar-refractivity contribution >= 4 is 0 Å². The predicted molar refractivity (Wildman–Crippen MR) is 56.0 cm³/mol. The SMILES string of the molecule is CC(C)COCCNCc1ccn[nH]1. The average molecular weight is 197 g/mol. The molecule has 0 amide bonds. The Labute approximate surface area is 85.0 Å². The summed E-state index contributed by atoms with van der Waals surface area (Å²) in [6.07, 6.45) is 1.76. The molecule has 0 radical (unpaired) electrons. The molecule has 0 fully saturated rings. The van der Waals surface area contributed by atoms with Crippen molar-refractivity contribution in [2.24, 2.45) is 5.92 Å². The van der Waals surface area contributed by atoms with E-state index in [0.29, 0.717) is 5.92 Å². The van der Waals surface area contributed by atoms with Crippen LogP contribution in [0.1, 0.15) is 19.5 Å². The topological polar surface area (TPSA) is 49.9 Å². The van der Waals surface area contributed by atoms with Gasteiger partial charge in [0.15, 0.2) is 0 Å². The Morgan fingerprint density at radius 2 is 2.43 bits per heavy atom. The largest absolute Gasteiger partial charge is 0.380 e. The zero-order valence-corrected chi connectivity index (χ0v) is 8.92. The number of aromatic amines is 1. The number of hydrogen-bond acceptors (Lipinski definition) is 3. The summed E-state index contributed by atoms with van der Waals surface area (Å²) in [7, 11) is 0. The summed E-state index contributed by atoms with van der Waals surface area (Å²) in [5, 5.41) is 10.0. The maximum atomic E-state index is 5.43. The third-order valence-corrected chi connectivity index (χ3v) is 1.75. The number of nitrogens with one attached hydrogen (secondary N) is 2. The molecule has 1 aromatic heterocycles. The molecule has 4 heteroatoms. The van der Waals surface area contributed by atoms with Gasteiger partial charge in [0.1, 0.15) is 0 Å². The Bertz CT molecular complexity index is 221. The van der Waals surface area contributed by atoms with Crippen molar-refractivity contribution in [1.82, 2.24) is 15.5 Å². The standard InChI is InChI=1S/C10H19N3O/c1-9(2)8-14-6-5-11-7-10-3-4-12-13-10/h3-4,9,11H,5-8H2,1-2H3,(H,12,13). The highest BCUT2D eigenvalue weighted by Gasteiger charge is 1.94. The van der Waals surface area contributed by atoms with Crippen LogP contribution in [0.15, 0.2) is 12.3 Å². The monoisotopic (exact) mass is 197 g/mol. The zero-order chi connectivity index (χ0) is 10.2. The first-order chi connectivity index (χ1) is 6.79. The molecule has 1 aromatic rings. The first-order valence-electron chi connectivity index (χ1n) is 5.05. The summed E-state index contributed by atoms with van der Waals surface area (Å²) in [5.74, 6) is 0.614. The summed E-state index contributed by atoms with van der Waals surface area (Å²) < 4.78 is 5.43. The van der Waals surface area contributed by atoms with Gasteiger partial charge >= 0.3 is 0 Å². The zero-order valence-electron chi connectivity index (χ0n) is 8.92. The molecule has 0 bridgehead atoms. The van der Waals surface area contributed by atoms with Crippen molar-refractivity contribution in [1.29, 1.82) is 0 Å². The van der Waals surface area contributed by atoms with Gasteiger partial charge in [-0.15, -0.1) is 0 Å². The minimum atomic E-state index is 0.614. The normalized spacial score (nSPS) is 11.1. The maximum absolute atomic E-state index is 5.43. The van der Waals surface area contributed by atoms with Gasteiger partial charge in [-0.3, -0.25) is 5.10 Å². The van der Waals surface area contributed by atoms with Gasteiger partial charge in [-0.2, -0.15) is 5.10 Å². The lowest BCUT2D eigenvalue weighted by Gasteiger charge is -2.07. The second-order valence-corrected chi connectivity index (χ2v) is 3.73. The molecular formula is C10H19N3O. The van der Waals surface area contributed by atoms with Crippen LogP contribution in [0.3, 0.4) is 0 Å². The van der Waals surface area contributed by atoms with Crippen LogP contribution in [0.4, 0.5) is 0 Å². The van der Waals surface area contributed by atoms with Crippen molar-refractivity contribution in [3.05, 3.63) is 18.0 Å². The van der Waals surface area contributed by atoms with Crippen LogP contribution >= 0.6 is 0 Å². The van der Waals surface area contributed by atoms with Crippen LogP contribution < -0.4 is 5.32 Å². The number of H-pyrrole nitrogens is 1. The lowest BCUT2D eigenvalue weighted by molar-refractivity contribution is 0.111. The second-order valence-electron chi connectivity index (χ2n) is 3.73. The molecule has 0 aliphatic heterocycles. The van der Waals surface area contributed by atoms with Gasteiger partial charge in [0.2, 0.25) is 0 Å². The molecule has 2 N–H and O–H groups in total. The molecule has 0 atom stereocenters. The third-order valence-electron chi connectivity index (χ3n) is 1.75. The van der Waals surface area contributed by atoms with Crippen LogP contribution in [-0.2, 0) is 11.3 Å². The quantitative estimate of drug-likeness (QED) is 0.645. The van der Waals surface area contributed by atoms with E-state index < -0.39 is 0 Å². The Morgan fingerprint density at radius 1 is 1.57 bits per heavy atom. The minimum absolute atomic E-state index is 0.614. The van der Waals surface area contributed by atoms with Crippen LogP contribution in [0.5, 0.6) is 0 Å². The highest BCUT2D eigenvalue weighted by Crippen LogP contribution is 1.92. The summed E-state index contributed by atoms with van der Waals surface area (Å²) in [6.45, 7) is 7.62. The Kier molecular flexibility index (Phi) is 5.25. The number of aromatic nitrogens is 2. The molecule has 0 saturated carbocycles. The molecule has 80 valence electrons. The van der Waals surface area contributed by atoms with E-state index >= 15 is 0 Å². The summed E-state index contributed by atoms with van der Waals surface area (Å²) >= 11 is 0. The molecule has 4 nitrogen and oxygen atoms in total. The van der Waals surface area contributed by atoms with Gasteiger partial charge in [-0.05, 0) is 12.0 Å². The molecule has 1 heterocycles. The van der Waals surface area contributed by atoms with E-state index in [1.165, 1.54) is 0 Å². The summed E-state index contributed by atoms with van der Waals surface area (Å²) in [5.41, 5.74) is 1.11. The van der Waals surface area contributed by atoms with Gasteiger partial charge in [-0.1, -0.05) is 13.8 Å². The fraction of sp³-hybridized carbons (Fsp3) is 0.700. The van der Waals surface area contributed by atoms with E-state index in [2.05, 4.69) is 29.4 Å². The van der Waals surface area contributed by atoms with E-state index in [4.69, 9.17) is 4.74 Å². The smallest absolute Gasteiger partial charge is 0.0591 e. The van der Waals surface area contributed by atoms with Crippen molar-refractivity contribution in [2.75, 3.05) is 19.8 Å². The molecule has 14 heavy (non-hydrogen) atoms. The van der Waals surface area contributed by atoms with Crippen molar-refractivity contribution < 1.29 is 4.74 Å². The highest BCUT2D eigenvalue weighted by atomic mass is 16.5. The molecule has 0 unspecified atom stereocenters. The molecule has 0 spiro atoms. The van der Waals surface area contributed by atoms with Gasteiger partial charge < -0.3 is 10.1 Å². The molecule has 0 aromatic carbocycles. The lowest BCUT2D eigenvalue weighted by Crippen LogP contribution is -2.20. The lowest BCUT2D eigenvalue weighted by atomic mass is 10.2. The highest BCUT2D eigenvalue weighted by molar-refractivity contribution is 4.96. The van der Waals surface area contributed by atoms with Gasteiger partial charge in [0.05, 0.1) is 6.61 Å². The van der Waals surface area contributed by atoms with Crippen LogP contribution in [0.25, 0.3) is 0 Å². The predicted octanol–water partition coefficient (Wildman–Crippen LogP) is 1.17. The number of ether oxygens (including phenoxy) is 1. The Hall–Kier alpha value is -0.870. The van der Waals surface area contributed by atoms with E-state index in [1.807, 2.05) is 6.07 Å². The fourth-order valence-electron chi connectivity index (χ4n) is 1.07. The second kappa shape index (κ2) is 6.56. The molecular weight excluding hydrogens is 178 g/mol. The van der Waals surface area contributed by atoms with Gasteiger partial charge in [-0.25, -0.2) is 0 Å². The van der Waals surface area contributed by atoms with Crippen LogP contribution in [-0.4, -0.2) is 30.0 Å². The van der Waals surface area contributed by atoms with Crippen molar-refractivity contribution in [3.63, 3.8) is 0 Å². The van der Waals surface area contributed by atoms with Gasteiger partial charge in [0.25, 0.3) is 0 Å². The van der Waals surface area contributed by atoms with Crippen molar-refractivity contribution in [3.8, 4) is 0 Å². The number of rotatable bonds is 7. The molecule has 0 aliphatic carbocycles. The molecule has 0 aliphatic rings. The first kappa shape index (κ1) is 11.2. The van der Waals surface area contributed by atoms with E-state index in [0.717, 1.165) is 32.0 Å². The Morgan fingerprint density at radius 3 is 3.07 bits per heavy atom. The van der Waals surface area contributed by atoms with Crippen molar-refractivity contribution in [2.45, 2.75) is 20.4 Å².